The van der Waals surface area contributed by atoms with Crippen LogP contribution >= 0.6 is 11.6 Å². The molecule has 146 valence electrons. The maximum atomic E-state index is 13.4. The Morgan fingerprint density at radius 1 is 0.857 bits per heavy atom. The van der Waals surface area contributed by atoms with Crippen molar-refractivity contribution in [1.82, 2.24) is 0 Å². The quantitative estimate of drug-likeness (QED) is 0.556. The molecule has 7 heteroatoms. The Kier molecular flexibility index (Phi) is 6.11. The zero-order valence-corrected chi connectivity index (χ0v) is 17.1. The number of hydrogen-bond acceptors (Lipinski definition) is 4. The Morgan fingerprint density at radius 2 is 1.43 bits per heavy atom. The number of sulfonamides is 1. The monoisotopic (exact) mass is 417 g/mol. The maximum absolute atomic E-state index is 13.4. The van der Waals surface area contributed by atoms with Crippen molar-refractivity contribution in [2.45, 2.75) is 11.4 Å². The number of halogens is 1. The third kappa shape index (κ3) is 4.40. The van der Waals surface area contributed by atoms with Gasteiger partial charge in [0.1, 0.15) is 11.5 Å². The largest absolute Gasteiger partial charge is 0.497 e. The lowest BCUT2D eigenvalue weighted by Gasteiger charge is -2.25. The summed E-state index contributed by atoms with van der Waals surface area (Å²) in [4.78, 5) is 0.148. The third-order valence-electron chi connectivity index (χ3n) is 4.19. The van der Waals surface area contributed by atoms with Crippen LogP contribution in [0.3, 0.4) is 0 Å². The van der Waals surface area contributed by atoms with Gasteiger partial charge in [-0.05, 0) is 29.8 Å². The predicted octanol–water partition coefficient (Wildman–Crippen LogP) is 4.75. The lowest BCUT2D eigenvalue weighted by molar-refractivity contribution is 0.394. The number of hydrogen-bond donors (Lipinski definition) is 0. The van der Waals surface area contributed by atoms with Crippen LogP contribution in [-0.2, 0) is 16.6 Å². The van der Waals surface area contributed by atoms with Crippen LogP contribution < -0.4 is 13.8 Å². The molecule has 3 aromatic rings. The van der Waals surface area contributed by atoms with Crippen LogP contribution in [0.25, 0.3) is 0 Å². The molecule has 0 N–H and O–H groups in total. The summed E-state index contributed by atoms with van der Waals surface area (Å²) in [6.45, 7) is 0.155. The molecule has 0 amide bonds. The summed E-state index contributed by atoms with van der Waals surface area (Å²) >= 11 is 5.93. The molecular weight excluding hydrogens is 398 g/mol. The lowest BCUT2D eigenvalue weighted by atomic mass is 10.2. The van der Waals surface area contributed by atoms with E-state index in [2.05, 4.69) is 0 Å². The number of nitrogens with zero attached hydrogens (tertiary/aromatic N) is 1. The minimum absolute atomic E-state index is 0.148. The highest BCUT2D eigenvalue weighted by Gasteiger charge is 2.26. The van der Waals surface area contributed by atoms with Crippen molar-refractivity contribution < 1.29 is 17.9 Å². The minimum atomic E-state index is -3.86. The maximum Gasteiger partial charge on any atom is 0.264 e. The molecule has 3 rings (SSSR count). The molecule has 0 aromatic heterocycles. The van der Waals surface area contributed by atoms with Crippen molar-refractivity contribution in [1.29, 1.82) is 0 Å². The third-order valence-corrected chi connectivity index (χ3v) is 6.23. The van der Waals surface area contributed by atoms with Gasteiger partial charge in [0, 0.05) is 23.2 Å². The van der Waals surface area contributed by atoms with Crippen LogP contribution in [0, 0.1) is 0 Å². The van der Waals surface area contributed by atoms with Crippen molar-refractivity contribution in [3.63, 3.8) is 0 Å². The smallest absolute Gasteiger partial charge is 0.264 e. The van der Waals surface area contributed by atoms with Crippen molar-refractivity contribution in [3.8, 4) is 11.5 Å². The molecule has 3 aromatic carbocycles. The van der Waals surface area contributed by atoms with E-state index in [1.807, 2.05) is 30.3 Å². The van der Waals surface area contributed by atoms with Crippen molar-refractivity contribution in [2.24, 2.45) is 0 Å². The first-order valence-corrected chi connectivity index (χ1v) is 10.3. The highest BCUT2D eigenvalue weighted by atomic mass is 35.5. The van der Waals surface area contributed by atoms with Gasteiger partial charge in [-0.3, -0.25) is 4.31 Å². The second kappa shape index (κ2) is 8.54. The number of ether oxygens (including phenoxy) is 2. The Balaban J connectivity index is 2.13. The number of methoxy groups -OCH3 is 2. The van der Waals surface area contributed by atoms with Gasteiger partial charge < -0.3 is 9.47 Å². The van der Waals surface area contributed by atoms with Gasteiger partial charge in [0.25, 0.3) is 10.0 Å². The van der Waals surface area contributed by atoms with Crippen LogP contribution in [0.4, 0.5) is 5.69 Å². The van der Waals surface area contributed by atoms with Gasteiger partial charge >= 0.3 is 0 Å². The molecule has 0 atom stereocenters. The zero-order chi connectivity index (χ0) is 20.1. The fraction of sp³-hybridized carbons (Fsp3) is 0.143. The summed E-state index contributed by atoms with van der Waals surface area (Å²) in [6.07, 6.45) is 0. The van der Waals surface area contributed by atoms with Crippen molar-refractivity contribution in [3.05, 3.63) is 83.4 Å². The molecule has 0 spiro atoms. The van der Waals surface area contributed by atoms with Gasteiger partial charge in [0.2, 0.25) is 0 Å². The van der Waals surface area contributed by atoms with E-state index in [1.54, 1.807) is 30.3 Å². The molecular formula is C21H20ClNO4S. The first-order chi connectivity index (χ1) is 13.4. The fourth-order valence-corrected chi connectivity index (χ4v) is 4.30. The number of rotatable bonds is 7. The first-order valence-electron chi connectivity index (χ1n) is 8.49. The number of benzene rings is 3. The van der Waals surface area contributed by atoms with Crippen LogP contribution in [-0.4, -0.2) is 22.6 Å². The van der Waals surface area contributed by atoms with E-state index in [1.165, 1.54) is 30.7 Å². The average molecular weight is 418 g/mol. The SMILES string of the molecule is COc1cc(OC)cc(N(Cc2ccccc2)S(=O)(=O)c2ccc(Cl)cc2)c1. The zero-order valence-electron chi connectivity index (χ0n) is 15.5. The van der Waals surface area contributed by atoms with E-state index in [9.17, 15) is 8.42 Å². The molecule has 0 saturated carbocycles. The summed E-state index contributed by atoms with van der Waals surface area (Å²) in [5.41, 5.74) is 1.29. The standard InChI is InChI=1S/C21H20ClNO4S/c1-26-19-12-18(13-20(14-19)27-2)23(15-16-6-4-3-5-7-16)28(24,25)21-10-8-17(22)9-11-21/h3-14H,15H2,1-2H3. The minimum Gasteiger partial charge on any atom is -0.497 e. The normalized spacial score (nSPS) is 11.1. The Hall–Kier alpha value is -2.70. The summed E-state index contributed by atoms with van der Waals surface area (Å²) in [5.74, 6) is 0.998. The van der Waals surface area contributed by atoms with Gasteiger partial charge in [-0.15, -0.1) is 0 Å². The Labute approximate surface area is 170 Å². The van der Waals surface area contributed by atoms with E-state index in [-0.39, 0.29) is 11.4 Å². The molecule has 0 radical (unpaired) electrons. The van der Waals surface area contributed by atoms with Crippen LogP contribution in [0.1, 0.15) is 5.56 Å². The molecule has 0 bridgehead atoms. The topological polar surface area (TPSA) is 55.8 Å². The van der Waals surface area contributed by atoms with E-state index >= 15 is 0 Å². The molecule has 0 heterocycles. The van der Waals surface area contributed by atoms with Gasteiger partial charge in [-0.2, -0.15) is 0 Å². The molecule has 0 aliphatic carbocycles. The fourth-order valence-electron chi connectivity index (χ4n) is 2.73. The second-order valence-electron chi connectivity index (χ2n) is 6.02. The highest BCUT2D eigenvalue weighted by molar-refractivity contribution is 7.92. The molecule has 5 nitrogen and oxygen atoms in total. The molecule has 0 unspecified atom stereocenters. The predicted molar refractivity (Wildman–Crippen MR) is 111 cm³/mol. The van der Waals surface area contributed by atoms with Crippen molar-refractivity contribution in [2.75, 3.05) is 18.5 Å². The van der Waals surface area contributed by atoms with Crippen LogP contribution in [0.5, 0.6) is 11.5 Å². The van der Waals surface area contributed by atoms with Crippen molar-refractivity contribution >= 4 is 27.3 Å². The first kappa shape index (κ1) is 20.0. The van der Waals surface area contributed by atoms with E-state index in [0.29, 0.717) is 22.2 Å². The summed E-state index contributed by atoms with van der Waals surface area (Å²) in [5, 5.41) is 0.469. The van der Waals surface area contributed by atoms with Gasteiger partial charge in [-0.25, -0.2) is 8.42 Å². The Bertz CT molecular complexity index is 1020. The molecule has 0 fully saturated rings. The van der Waals surface area contributed by atoms with Gasteiger partial charge in [0.15, 0.2) is 0 Å². The highest BCUT2D eigenvalue weighted by Crippen LogP contribution is 2.33. The molecule has 0 saturated heterocycles. The average Bonchev–Trinajstić information content (AvgIpc) is 2.72. The van der Waals surface area contributed by atoms with E-state index < -0.39 is 10.0 Å². The van der Waals surface area contributed by atoms with E-state index in [4.69, 9.17) is 21.1 Å². The second-order valence-corrected chi connectivity index (χ2v) is 8.32. The van der Waals surface area contributed by atoms with Crippen LogP contribution in [0.2, 0.25) is 5.02 Å². The summed E-state index contributed by atoms with van der Waals surface area (Å²) in [7, 11) is -0.812. The Morgan fingerprint density at radius 3 is 1.96 bits per heavy atom. The molecule has 28 heavy (non-hydrogen) atoms. The van der Waals surface area contributed by atoms with Gasteiger partial charge in [-0.1, -0.05) is 41.9 Å². The number of anilines is 1. The molecule has 0 aliphatic rings. The summed E-state index contributed by atoms with van der Waals surface area (Å²) < 4.78 is 38.9. The van der Waals surface area contributed by atoms with E-state index in [0.717, 1.165) is 5.56 Å². The summed E-state index contributed by atoms with van der Waals surface area (Å²) in [6, 6.07) is 20.5. The lowest BCUT2D eigenvalue weighted by Crippen LogP contribution is -2.30. The van der Waals surface area contributed by atoms with Crippen LogP contribution in [0.15, 0.2) is 77.7 Å². The van der Waals surface area contributed by atoms with Gasteiger partial charge in [0.05, 0.1) is 31.3 Å². The molecule has 0 aliphatic heterocycles.